The topological polar surface area (TPSA) is 104 Å². The second-order valence-electron chi connectivity index (χ2n) is 19.9. The SMILES string of the molecule is CC(C)C1=C2[C@H]3CC[C@@H]4[C@@]5(C)CC=C(C6=CC[C@](CF)(C(=O)O)CC6)C(C)(C)[C@@H]5CC[C@@]4(C)[C@]3(C)CC[C@@]2(NCCN2CCS(=O)(=O)CC2)CC1=O. The molecule has 0 aromatic heterocycles. The lowest BCUT2D eigenvalue weighted by atomic mass is 9.33. The predicted octanol–water partition coefficient (Wildman–Crippen LogP) is 7.73. The summed E-state index contributed by atoms with van der Waals surface area (Å²) in [5.41, 5.74) is 3.80. The first-order chi connectivity index (χ1) is 24.3. The van der Waals surface area contributed by atoms with Crippen LogP contribution in [-0.4, -0.2) is 80.1 Å². The zero-order chi connectivity index (χ0) is 37.7. The zero-order valence-electron chi connectivity index (χ0n) is 33.0. The van der Waals surface area contributed by atoms with E-state index in [1.807, 2.05) is 0 Å². The molecule has 1 heterocycles. The van der Waals surface area contributed by atoms with E-state index in [2.05, 4.69) is 70.8 Å². The normalized spacial score (nSPS) is 42.9. The van der Waals surface area contributed by atoms with Gasteiger partial charge in [-0.05, 0) is 132 Å². The minimum atomic E-state index is -2.92. The molecule has 6 aliphatic carbocycles. The van der Waals surface area contributed by atoms with E-state index in [1.165, 1.54) is 23.1 Å². The van der Waals surface area contributed by atoms with Gasteiger partial charge in [-0.1, -0.05) is 60.6 Å². The molecule has 0 spiro atoms. The van der Waals surface area contributed by atoms with E-state index in [1.54, 1.807) is 0 Å². The van der Waals surface area contributed by atoms with E-state index < -0.39 is 27.9 Å². The summed E-state index contributed by atoms with van der Waals surface area (Å²) in [5, 5.41) is 13.8. The first kappa shape index (κ1) is 38.4. The number of nitrogens with zero attached hydrogens (tertiary/aromatic N) is 1. The number of fused-ring (bicyclic) bond motifs is 7. The van der Waals surface area contributed by atoms with Crippen LogP contribution in [0.3, 0.4) is 0 Å². The molecule has 0 amide bonds. The van der Waals surface area contributed by atoms with Crippen molar-refractivity contribution in [1.29, 1.82) is 0 Å². The lowest BCUT2D eigenvalue weighted by Gasteiger charge is -2.71. The minimum Gasteiger partial charge on any atom is -0.481 e. The molecular weight excluding hydrogens is 676 g/mol. The van der Waals surface area contributed by atoms with Crippen molar-refractivity contribution in [2.24, 2.45) is 50.7 Å². The van der Waals surface area contributed by atoms with E-state index in [9.17, 15) is 27.5 Å². The molecule has 1 aliphatic heterocycles. The molecular formula is C43H65FN2O5S. The average Bonchev–Trinajstić information content (AvgIpc) is 3.38. The van der Waals surface area contributed by atoms with Crippen molar-refractivity contribution >= 4 is 21.6 Å². The van der Waals surface area contributed by atoms with Crippen molar-refractivity contribution < 1.29 is 27.5 Å². The van der Waals surface area contributed by atoms with Crippen LogP contribution < -0.4 is 5.32 Å². The van der Waals surface area contributed by atoms with E-state index in [0.717, 1.165) is 57.2 Å². The Bertz CT molecular complexity index is 1700. The Balaban J connectivity index is 1.16. The maximum absolute atomic E-state index is 14.0. The van der Waals surface area contributed by atoms with Crippen molar-refractivity contribution in [3.63, 3.8) is 0 Å². The summed E-state index contributed by atoms with van der Waals surface area (Å²) in [5.74, 6) is 1.37. The highest BCUT2D eigenvalue weighted by atomic mass is 32.2. The van der Waals surface area contributed by atoms with Gasteiger partial charge >= 0.3 is 5.97 Å². The number of carboxylic acid groups (broad SMARTS) is 1. The molecule has 0 bridgehead atoms. The molecule has 0 unspecified atom stereocenters. The number of sulfone groups is 1. The number of rotatable bonds is 8. The number of carbonyl (C=O) groups is 2. The molecule has 1 saturated heterocycles. The lowest BCUT2D eigenvalue weighted by molar-refractivity contribution is -0.196. The van der Waals surface area contributed by atoms with Gasteiger partial charge in [-0.25, -0.2) is 12.8 Å². The van der Waals surface area contributed by atoms with Gasteiger partial charge in [0.25, 0.3) is 0 Å². The van der Waals surface area contributed by atoms with Crippen LogP contribution in [0.5, 0.6) is 0 Å². The van der Waals surface area contributed by atoms with Gasteiger partial charge < -0.3 is 15.3 Å². The lowest BCUT2D eigenvalue weighted by Crippen LogP contribution is -2.66. The van der Waals surface area contributed by atoms with E-state index in [-0.39, 0.29) is 51.0 Å². The fraction of sp³-hybridized carbons (Fsp3) is 0.814. The van der Waals surface area contributed by atoms with Crippen molar-refractivity contribution in [3.8, 4) is 0 Å². The van der Waals surface area contributed by atoms with Crippen molar-refractivity contribution in [2.75, 3.05) is 44.4 Å². The maximum atomic E-state index is 14.0. The number of hydrogen-bond acceptors (Lipinski definition) is 6. The van der Waals surface area contributed by atoms with Crippen LogP contribution in [0.4, 0.5) is 4.39 Å². The van der Waals surface area contributed by atoms with Crippen LogP contribution in [0.25, 0.3) is 0 Å². The molecule has 0 radical (unpaired) electrons. The van der Waals surface area contributed by atoms with Crippen LogP contribution in [-0.2, 0) is 19.4 Å². The molecule has 7 aliphatic rings. The summed E-state index contributed by atoms with van der Waals surface area (Å²) in [4.78, 5) is 28.2. The van der Waals surface area contributed by atoms with Crippen LogP contribution in [0.2, 0.25) is 0 Å². The summed E-state index contributed by atoms with van der Waals surface area (Å²) < 4.78 is 38.0. The number of Topliss-reactive ketones (excluding diaryl/α,β-unsaturated/α-hetero) is 1. The van der Waals surface area contributed by atoms with Gasteiger partial charge in [0, 0.05) is 38.1 Å². The van der Waals surface area contributed by atoms with E-state index in [4.69, 9.17) is 0 Å². The largest absolute Gasteiger partial charge is 0.481 e. The highest BCUT2D eigenvalue weighted by molar-refractivity contribution is 7.91. The number of carbonyl (C=O) groups excluding carboxylic acids is 1. The van der Waals surface area contributed by atoms with E-state index in [0.29, 0.717) is 55.9 Å². The first-order valence-corrected chi connectivity index (χ1v) is 22.3. The Hall–Kier alpha value is -1.84. The summed E-state index contributed by atoms with van der Waals surface area (Å²) >= 11 is 0. The Morgan fingerprint density at radius 3 is 2.29 bits per heavy atom. The summed E-state index contributed by atoms with van der Waals surface area (Å²) in [7, 11) is -2.92. The maximum Gasteiger partial charge on any atom is 0.312 e. The summed E-state index contributed by atoms with van der Waals surface area (Å²) in [6, 6.07) is 0. The number of aliphatic carboxylic acids is 1. The van der Waals surface area contributed by atoms with Gasteiger partial charge in [-0.2, -0.15) is 0 Å². The van der Waals surface area contributed by atoms with Gasteiger partial charge in [-0.15, -0.1) is 0 Å². The molecule has 7 nitrogen and oxygen atoms in total. The number of nitrogens with one attached hydrogen (secondary N) is 1. The van der Waals surface area contributed by atoms with Crippen molar-refractivity contribution in [3.05, 3.63) is 34.4 Å². The monoisotopic (exact) mass is 740 g/mol. The molecule has 0 aromatic rings. The number of halogens is 1. The Morgan fingerprint density at radius 2 is 1.67 bits per heavy atom. The quantitative estimate of drug-likeness (QED) is 0.263. The third-order valence-corrected chi connectivity index (χ3v) is 18.6. The third kappa shape index (κ3) is 5.61. The van der Waals surface area contributed by atoms with Crippen LogP contribution in [0.1, 0.15) is 119 Å². The molecule has 9 heteroatoms. The van der Waals surface area contributed by atoms with Crippen molar-refractivity contribution in [1.82, 2.24) is 10.2 Å². The van der Waals surface area contributed by atoms with Crippen LogP contribution >= 0.6 is 0 Å². The standard InChI is InChI=1S/C43H65FN2O5S/c1-28(2)35-32(47)26-43(45-20-21-46-22-24-52(50,51)25-23-46)19-18-40(6)31(36(35)43)8-9-34-39(5)14-12-30(38(3,4)33(39)13-15-41(34,40)7)29-10-16-42(27-44,17-11-29)37(48)49/h10,12,28,31,33-34,45H,8-9,11,13-27H2,1-7H3,(H,48,49)/t31-,33+,34-,39+,40-,41-,42+,43-/m1/s1. The molecule has 0 aromatic carbocycles. The Morgan fingerprint density at radius 1 is 0.962 bits per heavy atom. The average molecular weight is 741 g/mol. The van der Waals surface area contributed by atoms with Gasteiger partial charge in [0.2, 0.25) is 0 Å². The zero-order valence-corrected chi connectivity index (χ0v) is 33.8. The predicted molar refractivity (Wildman–Crippen MR) is 204 cm³/mol. The number of alkyl halides is 1. The first-order valence-electron chi connectivity index (χ1n) is 20.4. The van der Waals surface area contributed by atoms with E-state index >= 15 is 0 Å². The number of allylic oxidation sites excluding steroid dienone is 5. The van der Waals surface area contributed by atoms with Crippen molar-refractivity contribution in [2.45, 2.75) is 125 Å². The molecule has 2 N–H and O–H groups in total. The smallest absolute Gasteiger partial charge is 0.312 e. The van der Waals surface area contributed by atoms with Gasteiger partial charge in [-0.3, -0.25) is 9.59 Å². The minimum absolute atomic E-state index is 0.0632. The van der Waals surface area contributed by atoms with Crippen LogP contribution in [0, 0.1) is 50.7 Å². The Kier molecular flexibility index (Phi) is 9.51. The summed E-state index contributed by atoms with van der Waals surface area (Å²) in [6.45, 7) is 18.9. The van der Waals surface area contributed by atoms with Gasteiger partial charge in [0.05, 0.1) is 16.9 Å². The third-order valence-electron chi connectivity index (χ3n) is 17.0. The number of carboxylic acids is 1. The Labute approximate surface area is 312 Å². The summed E-state index contributed by atoms with van der Waals surface area (Å²) in [6.07, 6.45) is 14.0. The second kappa shape index (κ2) is 12.9. The van der Waals surface area contributed by atoms with Gasteiger partial charge in [0.15, 0.2) is 15.6 Å². The number of ketones is 1. The second-order valence-corrected chi connectivity index (χ2v) is 22.2. The highest BCUT2D eigenvalue weighted by Crippen LogP contribution is 2.76. The molecule has 7 rings (SSSR count). The molecule has 3 saturated carbocycles. The molecule has 52 heavy (non-hydrogen) atoms. The number of hydrogen-bond donors (Lipinski definition) is 2. The fourth-order valence-electron chi connectivity index (χ4n) is 13.9. The van der Waals surface area contributed by atoms with Gasteiger partial charge in [0.1, 0.15) is 6.67 Å². The molecule has 290 valence electrons. The molecule has 8 atom stereocenters. The fourth-order valence-corrected chi connectivity index (χ4v) is 15.2. The molecule has 4 fully saturated rings. The van der Waals surface area contributed by atoms with Crippen LogP contribution in [0.15, 0.2) is 34.4 Å². The highest BCUT2D eigenvalue weighted by Gasteiger charge is 2.69.